The van der Waals surface area contributed by atoms with Crippen LogP contribution in [0.4, 0.5) is 0 Å². The Kier molecular flexibility index (Phi) is 5.00. The highest BCUT2D eigenvalue weighted by Crippen LogP contribution is 2.34. The third-order valence-electron chi connectivity index (χ3n) is 4.88. The Labute approximate surface area is 169 Å². The molecule has 4 rings (SSSR count). The SMILES string of the molecule is CCc1cc(-c2cn[nH]c2-c2ccncc2)ccc1-c1cccc(S(N)(=O)=O)c1. The first-order valence-corrected chi connectivity index (χ1v) is 10.7. The Bertz CT molecular complexity index is 1260. The number of hydrogen-bond acceptors (Lipinski definition) is 4. The molecule has 0 atom stereocenters. The van der Waals surface area contributed by atoms with Gasteiger partial charge in [-0.25, -0.2) is 13.6 Å². The zero-order valence-corrected chi connectivity index (χ0v) is 16.6. The third kappa shape index (κ3) is 3.83. The second-order valence-corrected chi connectivity index (χ2v) is 8.25. The second-order valence-electron chi connectivity index (χ2n) is 6.69. The van der Waals surface area contributed by atoms with Crippen LogP contribution in [0.5, 0.6) is 0 Å². The summed E-state index contributed by atoms with van der Waals surface area (Å²) in [6.07, 6.45) is 6.11. The summed E-state index contributed by atoms with van der Waals surface area (Å²) in [5, 5.41) is 12.6. The minimum atomic E-state index is -3.75. The van der Waals surface area contributed by atoms with Crippen LogP contribution in [0, 0.1) is 0 Å². The maximum atomic E-state index is 11.7. The summed E-state index contributed by atoms with van der Waals surface area (Å²) in [4.78, 5) is 4.18. The van der Waals surface area contributed by atoms with Gasteiger partial charge in [-0.3, -0.25) is 10.1 Å². The van der Waals surface area contributed by atoms with Crippen LogP contribution in [0.3, 0.4) is 0 Å². The Hall–Kier alpha value is -3.29. The van der Waals surface area contributed by atoms with Gasteiger partial charge in [-0.2, -0.15) is 5.10 Å². The van der Waals surface area contributed by atoms with Gasteiger partial charge >= 0.3 is 0 Å². The zero-order valence-electron chi connectivity index (χ0n) is 15.8. The van der Waals surface area contributed by atoms with E-state index in [4.69, 9.17) is 5.14 Å². The predicted molar refractivity (Wildman–Crippen MR) is 113 cm³/mol. The molecule has 0 aliphatic rings. The number of rotatable bonds is 5. The first-order chi connectivity index (χ1) is 14.0. The molecule has 2 aromatic carbocycles. The van der Waals surface area contributed by atoms with E-state index in [-0.39, 0.29) is 4.90 Å². The number of sulfonamides is 1. The number of aryl methyl sites for hydroxylation is 1. The topological polar surface area (TPSA) is 102 Å². The number of primary sulfonamides is 1. The first kappa shape index (κ1) is 19.0. The molecule has 0 saturated carbocycles. The van der Waals surface area contributed by atoms with E-state index in [0.29, 0.717) is 0 Å². The van der Waals surface area contributed by atoms with E-state index in [1.165, 1.54) is 6.07 Å². The minimum Gasteiger partial charge on any atom is -0.277 e. The second kappa shape index (κ2) is 7.62. The predicted octanol–water partition coefficient (Wildman–Crippen LogP) is 4.02. The summed E-state index contributed by atoms with van der Waals surface area (Å²) in [6.45, 7) is 2.07. The number of pyridine rings is 1. The van der Waals surface area contributed by atoms with Crippen molar-refractivity contribution in [1.29, 1.82) is 0 Å². The number of aromatic nitrogens is 3. The van der Waals surface area contributed by atoms with Gasteiger partial charge in [-0.05, 0) is 52.9 Å². The van der Waals surface area contributed by atoms with E-state index < -0.39 is 10.0 Å². The van der Waals surface area contributed by atoms with Gasteiger partial charge in [0.1, 0.15) is 0 Å². The highest BCUT2D eigenvalue weighted by atomic mass is 32.2. The van der Waals surface area contributed by atoms with Gasteiger partial charge in [0.2, 0.25) is 10.0 Å². The average Bonchev–Trinajstić information content (AvgIpc) is 3.23. The molecule has 2 aromatic heterocycles. The summed E-state index contributed by atoms with van der Waals surface area (Å²) < 4.78 is 23.4. The summed E-state index contributed by atoms with van der Waals surface area (Å²) in [5.41, 5.74) is 6.88. The van der Waals surface area contributed by atoms with E-state index in [0.717, 1.165) is 45.5 Å². The molecule has 0 unspecified atom stereocenters. The Morgan fingerprint density at radius 3 is 2.41 bits per heavy atom. The highest BCUT2D eigenvalue weighted by Gasteiger charge is 2.14. The van der Waals surface area contributed by atoms with Gasteiger partial charge in [0.25, 0.3) is 0 Å². The maximum Gasteiger partial charge on any atom is 0.238 e. The average molecular weight is 404 g/mol. The van der Waals surface area contributed by atoms with E-state index >= 15 is 0 Å². The van der Waals surface area contributed by atoms with Gasteiger partial charge in [-0.15, -0.1) is 0 Å². The Balaban J connectivity index is 1.79. The van der Waals surface area contributed by atoms with Crippen LogP contribution in [0.1, 0.15) is 12.5 Å². The maximum absolute atomic E-state index is 11.7. The molecule has 7 heteroatoms. The van der Waals surface area contributed by atoms with Crippen molar-refractivity contribution >= 4 is 10.0 Å². The molecule has 0 bridgehead atoms. The van der Waals surface area contributed by atoms with E-state index in [1.807, 2.05) is 36.5 Å². The van der Waals surface area contributed by atoms with Gasteiger partial charge in [0.15, 0.2) is 0 Å². The van der Waals surface area contributed by atoms with Gasteiger partial charge in [0, 0.05) is 23.5 Å². The molecular formula is C22H20N4O2S. The van der Waals surface area contributed by atoms with Gasteiger partial charge in [-0.1, -0.05) is 37.3 Å². The zero-order chi connectivity index (χ0) is 20.4. The molecule has 2 heterocycles. The molecule has 0 radical (unpaired) electrons. The molecule has 6 nitrogen and oxygen atoms in total. The number of nitrogens with two attached hydrogens (primary N) is 1. The Morgan fingerprint density at radius 2 is 1.69 bits per heavy atom. The normalized spacial score (nSPS) is 11.5. The van der Waals surface area contributed by atoms with Crippen molar-refractivity contribution in [2.24, 2.45) is 5.14 Å². The standard InChI is InChI=1S/C22H20N4O2S/c1-2-15-12-18(21-14-25-26-22(21)16-8-10-24-11-9-16)6-7-20(15)17-4-3-5-19(13-17)29(23,27)28/h3-14H,2H2,1H3,(H,25,26)(H2,23,27,28). The monoisotopic (exact) mass is 404 g/mol. The fourth-order valence-corrected chi connectivity index (χ4v) is 3.98. The largest absolute Gasteiger partial charge is 0.277 e. The number of hydrogen-bond donors (Lipinski definition) is 2. The molecule has 0 amide bonds. The lowest BCUT2D eigenvalue weighted by atomic mass is 9.93. The number of H-pyrrole nitrogens is 1. The molecule has 0 saturated heterocycles. The van der Waals surface area contributed by atoms with Crippen molar-refractivity contribution in [2.75, 3.05) is 0 Å². The van der Waals surface area contributed by atoms with Gasteiger partial charge < -0.3 is 0 Å². The van der Waals surface area contributed by atoms with Crippen molar-refractivity contribution in [3.05, 3.63) is 78.8 Å². The molecule has 4 aromatic rings. The number of nitrogens with zero attached hydrogens (tertiary/aromatic N) is 2. The molecule has 0 aliphatic carbocycles. The summed E-state index contributed by atoms with van der Waals surface area (Å²) in [7, 11) is -3.75. The lowest BCUT2D eigenvalue weighted by Crippen LogP contribution is -2.12. The van der Waals surface area contributed by atoms with Crippen molar-refractivity contribution in [3.8, 4) is 33.5 Å². The summed E-state index contributed by atoms with van der Waals surface area (Å²) in [5.74, 6) is 0. The lowest BCUT2D eigenvalue weighted by molar-refractivity contribution is 0.598. The number of aromatic amines is 1. The van der Waals surface area contributed by atoms with Crippen LogP contribution in [0.25, 0.3) is 33.5 Å². The van der Waals surface area contributed by atoms with Crippen LogP contribution in [0.15, 0.2) is 78.1 Å². The van der Waals surface area contributed by atoms with Crippen LogP contribution in [-0.4, -0.2) is 23.6 Å². The minimum absolute atomic E-state index is 0.107. The molecular weight excluding hydrogens is 384 g/mol. The highest BCUT2D eigenvalue weighted by molar-refractivity contribution is 7.89. The number of benzene rings is 2. The van der Waals surface area contributed by atoms with Crippen molar-refractivity contribution in [1.82, 2.24) is 15.2 Å². The molecule has 29 heavy (non-hydrogen) atoms. The summed E-state index contributed by atoms with van der Waals surface area (Å²) >= 11 is 0. The molecule has 146 valence electrons. The quantitative estimate of drug-likeness (QED) is 0.524. The molecule has 0 fully saturated rings. The fraction of sp³-hybridized carbons (Fsp3) is 0.0909. The fourth-order valence-electron chi connectivity index (χ4n) is 3.42. The van der Waals surface area contributed by atoms with Crippen LogP contribution >= 0.6 is 0 Å². The molecule has 3 N–H and O–H groups in total. The summed E-state index contributed by atoms with van der Waals surface area (Å²) in [6, 6.07) is 16.7. The Morgan fingerprint density at radius 1 is 0.931 bits per heavy atom. The van der Waals surface area contributed by atoms with Gasteiger partial charge in [0.05, 0.1) is 16.8 Å². The van der Waals surface area contributed by atoms with Crippen molar-refractivity contribution in [3.63, 3.8) is 0 Å². The first-order valence-electron chi connectivity index (χ1n) is 9.17. The van der Waals surface area contributed by atoms with E-state index in [1.54, 1.807) is 24.5 Å². The molecule has 0 spiro atoms. The van der Waals surface area contributed by atoms with Crippen LogP contribution in [0.2, 0.25) is 0 Å². The van der Waals surface area contributed by atoms with Crippen molar-refractivity contribution < 1.29 is 8.42 Å². The van der Waals surface area contributed by atoms with Crippen LogP contribution in [-0.2, 0) is 16.4 Å². The van der Waals surface area contributed by atoms with E-state index in [2.05, 4.69) is 28.2 Å². The van der Waals surface area contributed by atoms with E-state index in [9.17, 15) is 8.42 Å². The van der Waals surface area contributed by atoms with Crippen molar-refractivity contribution in [2.45, 2.75) is 18.2 Å². The lowest BCUT2D eigenvalue weighted by Gasteiger charge is -2.12. The van der Waals surface area contributed by atoms with Crippen LogP contribution < -0.4 is 5.14 Å². The smallest absolute Gasteiger partial charge is 0.238 e. The number of nitrogens with one attached hydrogen (secondary N) is 1. The molecule has 0 aliphatic heterocycles. The third-order valence-corrected chi connectivity index (χ3v) is 5.79.